The summed E-state index contributed by atoms with van der Waals surface area (Å²) >= 11 is 0. The van der Waals surface area contributed by atoms with Gasteiger partial charge in [-0.1, -0.05) is 219 Å². The number of rotatable bonds is 40. The molecule has 0 saturated heterocycles. The van der Waals surface area contributed by atoms with Crippen LogP contribution in [-0.2, 0) is 13.9 Å². The van der Waals surface area contributed by atoms with Crippen molar-refractivity contribution in [3.8, 4) is 0 Å². The summed E-state index contributed by atoms with van der Waals surface area (Å²) in [6.45, 7) is 4.09. The van der Waals surface area contributed by atoms with Gasteiger partial charge >= 0.3 is 7.82 Å². The molecule has 0 heterocycles. The van der Waals surface area contributed by atoms with Gasteiger partial charge in [-0.15, -0.1) is 0 Å². The average molecular weight is 730 g/mol. The molecule has 8 heteroatoms. The molecule has 0 aliphatic rings. The van der Waals surface area contributed by atoms with E-state index in [-0.39, 0.29) is 5.91 Å². The second-order valence-electron chi connectivity index (χ2n) is 15.0. The van der Waals surface area contributed by atoms with Crippen LogP contribution in [0.5, 0.6) is 0 Å². The van der Waals surface area contributed by atoms with Crippen LogP contribution in [0.15, 0.2) is 12.2 Å². The summed E-state index contributed by atoms with van der Waals surface area (Å²) in [5.74, 6) is -0.222. The van der Waals surface area contributed by atoms with Crippen LogP contribution in [0.4, 0.5) is 0 Å². The molecule has 0 fully saturated rings. The van der Waals surface area contributed by atoms with Gasteiger partial charge in [0.15, 0.2) is 0 Å². The highest BCUT2D eigenvalue weighted by Crippen LogP contribution is 2.35. The van der Waals surface area contributed by atoms with Gasteiger partial charge < -0.3 is 20.2 Å². The third kappa shape index (κ3) is 38.5. The molecule has 298 valence electrons. The minimum Gasteiger partial charge on any atom is -0.387 e. The van der Waals surface area contributed by atoms with Gasteiger partial charge in [0.2, 0.25) is 5.91 Å². The van der Waals surface area contributed by atoms with Crippen LogP contribution in [0.3, 0.4) is 0 Å². The molecule has 0 aromatic rings. The van der Waals surface area contributed by atoms with E-state index < -0.39 is 26.6 Å². The van der Waals surface area contributed by atoms with Gasteiger partial charge in [-0.05, 0) is 19.3 Å². The Morgan fingerprint density at radius 1 is 0.560 bits per heavy atom. The highest BCUT2D eigenvalue weighted by atomic mass is 31.2. The number of carbonyl (C=O) groups excluding carboxylic acids is 1. The number of carbonyl (C=O) groups is 1. The zero-order valence-corrected chi connectivity index (χ0v) is 34.0. The Labute approximate surface area is 310 Å². The van der Waals surface area contributed by atoms with E-state index in [1.54, 1.807) is 6.08 Å². The quantitative estimate of drug-likeness (QED) is 0.0283. The van der Waals surface area contributed by atoms with Gasteiger partial charge in [0.1, 0.15) is 0 Å². The molecular formula is C42H84NO6P. The fraction of sp³-hybridized carbons (Fsp3) is 0.929. The lowest BCUT2D eigenvalue weighted by molar-refractivity contribution is -0.123. The highest BCUT2D eigenvalue weighted by Gasteiger charge is 2.24. The van der Waals surface area contributed by atoms with E-state index in [1.807, 2.05) is 6.08 Å². The molecule has 4 N–H and O–H groups in total. The second kappa shape index (κ2) is 38.0. The third-order valence-electron chi connectivity index (χ3n) is 10.00. The predicted octanol–water partition coefficient (Wildman–Crippen LogP) is 12.8. The van der Waals surface area contributed by atoms with Crippen LogP contribution in [0.2, 0.25) is 0 Å². The first kappa shape index (κ1) is 49.3. The molecule has 0 aliphatic heterocycles. The Kier molecular flexibility index (Phi) is 37.5. The van der Waals surface area contributed by atoms with Crippen molar-refractivity contribution in [3.05, 3.63) is 12.2 Å². The maximum absolute atomic E-state index is 12.6. The maximum Gasteiger partial charge on any atom is 0.469 e. The van der Waals surface area contributed by atoms with Crippen molar-refractivity contribution in [2.75, 3.05) is 6.61 Å². The molecule has 0 radical (unpaired) electrons. The summed E-state index contributed by atoms with van der Waals surface area (Å²) < 4.78 is 15.9. The van der Waals surface area contributed by atoms with Crippen molar-refractivity contribution < 1.29 is 28.8 Å². The molecule has 0 rings (SSSR count). The third-order valence-corrected chi connectivity index (χ3v) is 10.5. The second-order valence-corrected chi connectivity index (χ2v) is 16.3. The number of phosphoric acid groups is 1. The van der Waals surface area contributed by atoms with Crippen LogP contribution in [0.1, 0.15) is 232 Å². The van der Waals surface area contributed by atoms with Crippen LogP contribution in [0.25, 0.3) is 0 Å². The summed E-state index contributed by atoms with van der Waals surface area (Å²) in [6, 6.07) is -0.904. The number of hydrogen-bond acceptors (Lipinski definition) is 4. The number of amides is 1. The lowest BCUT2D eigenvalue weighted by atomic mass is 10.0. The zero-order valence-electron chi connectivity index (χ0n) is 33.1. The van der Waals surface area contributed by atoms with Crippen molar-refractivity contribution in [3.63, 3.8) is 0 Å². The fourth-order valence-corrected chi connectivity index (χ4v) is 7.05. The summed E-state index contributed by atoms with van der Waals surface area (Å²) in [5, 5.41) is 13.4. The fourth-order valence-electron chi connectivity index (χ4n) is 6.70. The Balaban J connectivity index is 3.89. The lowest BCUT2D eigenvalue weighted by Gasteiger charge is -2.22. The summed E-state index contributed by atoms with van der Waals surface area (Å²) in [6.07, 6.45) is 45.2. The first-order chi connectivity index (χ1) is 24.3. The molecule has 0 spiro atoms. The van der Waals surface area contributed by atoms with E-state index >= 15 is 0 Å². The summed E-state index contributed by atoms with van der Waals surface area (Å²) in [7, 11) is -4.71. The van der Waals surface area contributed by atoms with Crippen LogP contribution < -0.4 is 5.32 Å². The lowest BCUT2D eigenvalue weighted by Crippen LogP contribution is -2.45. The van der Waals surface area contributed by atoms with Gasteiger partial charge in [0.05, 0.1) is 18.8 Å². The Bertz CT molecular complexity index is 788. The highest BCUT2D eigenvalue weighted by molar-refractivity contribution is 7.46. The first-order valence-corrected chi connectivity index (χ1v) is 23.2. The van der Waals surface area contributed by atoms with Gasteiger partial charge in [-0.25, -0.2) is 4.57 Å². The number of unbranched alkanes of at least 4 members (excludes halogenated alkanes) is 31. The van der Waals surface area contributed by atoms with E-state index in [2.05, 4.69) is 23.7 Å². The minimum atomic E-state index is -4.71. The van der Waals surface area contributed by atoms with E-state index in [0.717, 1.165) is 38.5 Å². The van der Waals surface area contributed by atoms with Crippen LogP contribution in [-0.4, -0.2) is 39.6 Å². The number of aliphatic hydroxyl groups excluding tert-OH is 1. The van der Waals surface area contributed by atoms with Crippen molar-refractivity contribution in [2.24, 2.45) is 0 Å². The number of phosphoric ester groups is 1. The molecule has 7 nitrogen and oxygen atoms in total. The van der Waals surface area contributed by atoms with Gasteiger partial charge in [-0.2, -0.15) is 0 Å². The molecule has 0 saturated carbocycles. The van der Waals surface area contributed by atoms with Crippen molar-refractivity contribution >= 4 is 13.7 Å². The Hall–Kier alpha value is -0.720. The summed E-state index contributed by atoms with van der Waals surface area (Å²) in [5.41, 5.74) is 0. The topological polar surface area (TPSA) is 116 Å². The summed E-state index contributed by atoms with van der Waals surface area (Å²) in [4.78, 5) is 30.9. The van der Waals surface area contributed by atoms with Crippen LogP contribution >= 0.6 is 7.82 Å². The van der Waals surface area contributed by atoms with Crippen molar-refractivity contribution in [2.45, 2.75) is 244 Å². The maximum atomic E-state index is 12.6. The van der Waals surface area contributed by atoms with Crippen molar-refractivity contribution in [1.82, 2.24) is 5.32 Å². The smallest absolute Gasteiger partial charge is 0.387 e. The monoisotopic (exact) mass is 730 g/mol. The molecule has 0 aromatic heterocycles. The van der Waals surface area contributed by atoms with Gasteiger partial charge in [0, 0.05) is 6.42 Å². The molecule has 50 heavy (non-hydrogen) atoms. The number of allylic oxidation sites excluding steroid dienone is 1. The zero-order chi connectivity index (χ0) is 36.8. The molecular weight excluding hydrogens is 645 g/mol. The molecule has 1 amide bonds. The molecule has 0 aliphatic carbocycles. The van der Waals surface area contributed by atoms with E-state index in [4.69, 9.17) is 9.79 Å². The minimum absolute atomic E-state index is 0.222. The molecule has 0 bridgehead atoms. The van der Waals surface area contributed by atoms with E-state index in [0.29, 0.717) is 6.42 Å². The first-order valence-electron chi connectivity index (χ1n) is 21.6. The standard InChI is InChI=1S/C42H84NO6P/c1-3-5-7-9-11-13-15-17-19-20-21-22-23-24-26-28-30-32-34-36-38-42(45)43-40(39-49-50(46,47)48)41(44)37-35-33-31-29-27-25-18-16-14-12-10-8-6-4-2/h35,37,40-41,44H,3-34,36,38-39H2,1-2H3,(H,43,45)(H2,46,47,48)/b37-35+/t40-,41+/m0/s1. The van der Waals surface area contributed by atoms with Crippen LogP contribution in [0, 0.1) is 0 Å². The van der Waals surface area contributed by atoms with Crippen molar-refractivity contribution in [1.29, 1.82) is 0 Å². The number of aliphatic hydroxyl groups is 1. The average Bonchev–Trinajstić information content (AvgIpc) is 3.08. The van der Waals surface area contributed by atoms with E-state index in [9.17, 15) is 14.5 Å². The number of hydrogen-bond donors (Lipinski definition) is 4. The molecule has 0 unspecified atom stereocenters. The molecule has 0 aromatic carbocycles. The largest absolute Gasteiger partial charge is 0.469 e. The normalized spacial score (nSPS) is 13.3. The van der Waals surface area contributed by atoms with Gasteiger partial charge in [-0.3, -0.25) is 9.32 Å². The Morgan fingerprint density at radius 2 is 0.880 bits per heavy atom. The SMILES string of the molecule is CCCCCCCCCCCCCC/C=C/[C@@H](O)[C@H](COP(=O)(O)O)NC(=O)CCCCCCCCCCCCCCCCCCCCCC. The van der Waals surface area contributed by atoms with E-state index in [1.165, 1.54) is 173 Å². The van der Waals surface area contributed by atoms with Gasteiger partial charge in [0.25, 0.3) is 0 Å². The molecule has 2 atom stereocenters. The Morgan fingerprint density at radius 3 is 1.22 bits per heavy atom. The predicted molar refractivity (Wildman–Crippen MR) is 213 cm³/mol. The number of nitrogens with one attached hydrogen (secondary N) is 1.